The highest BCUT2D eigenvalue weighted by atomic mass is 32.2. The third-order valence-electron chi connectivity index (χ3n) is 3.30. The van der Waals surface area contributed by atoms with E-state index in [1.165, 1.54) is 0 Å². The summed E-state index contributed by atoms with van der Waals surface area (Å²) in [5.41, 5.74) is -0.440. The first-order valence-corrected chi connectivity index (χ1v) is 7.56. The summed E-state index contributed by atoms with van der Waals surface area (Å²) in [4.78, 5) is 26.0. The number of benzene rings is 1. The molecule has 2 N–H and O–H groups in total. The van der Waals surface area contributed by atoms with Gasteiger partial charge in [0.2, 0.25) is 0 Å². The van der Waals surface area contributed by atoms with Crippen molar-refractivity contribution >= 4 is 17.7 Å². The van der Waals surface area contributed by atoms with Crippen LogP contribution < -0.4 is 5.56 Å². The average Bonchev–Trinajstić information content (AvgIpc) is 2.41. The van der Waals surface area contributed by atoms with Crippen molar-refractivity contribution in [2.24, 2.45) is 0 Å². The molecule has 1 aromatic carbocycles. The Labute approximate surface area is 135 Å². The van der Waals surface area contributed by atoms with Crippen LogP contribution in [0, 0.1) is 13.8 Å². The number of halogens is 2. The lowest BCUT2D eigenvalue weighted by atomic mass is 10.2. The largest absolute Gasteiger partial charge is 0.477 e. The summed E-state index contributed by atoms with van der Waals surface area (Å²) in [6.07, 6.45) is 0. The Morgan fingerprint density at radius 2 is 1.83 bits per heavy atom. The van der Waals surface area contributed by atoms with Gasteiger partial charge in [-0.15, -0.1) is 0 Å². The van der Waals surface area contributed by atoms with E-state index < -0.39 is 28.7 Å². The van der Waals surface area contributed by atoms with Crippen LogP contribution in [0.3, 0.4) is 0 Å². The summed E-state index contributed by atoms with van der Waals surface area (Å²) in [5.74, 6) is -4.72. The van der Waals surface area contributed by atoms with Gasteiger partial charge in [0.1, 0.15) is 5.56 Å². The van der Waals surface area contributed by atoms with Gasteiger partial charge in [0, 0.05) is 16.7 Å². The number of aromatic carboxylic acids is 1. The minimum absolute atomic E-state index is 0.00447. The SMILES string of the molecule is Cc1cccc(C)c1Sc1cc(C(C)(F)F)[nH]c(=O)c1C(=O)O. The molecule has 0 atom stereocenters. The molecular formula is C16H15F2NO3S. The third kappa shape index (κ3) is 3.61. The number of H-pyrrole nitrogens is 1. The van der Waals surface area contributed by atoms with Gasteiger partial charge in [0.15, 0.2) is 0 Å². The van der Waals surface area contributed by atoms with Gasteiger partial charge in [0.05, 0.1) is 5.69 Å². The molecule has 1 aromatic heterocycles. The minimum Gasteiger partial charge on any atom is -0.477 e. The van der Waals surface area contributed by atoms with Crippen LogP contribution in [-0.2, 0) is 5.92 Å². The number of aromatic nitrogens is 1. The van der Waals surface area contributed by atoms with E-state index >= 15 is 0 Å². The zero-order valence-electron chi connectivity index (χ0n) is 12.7. The molecule has 0 bridgehead atoms. The van der Waals surface area contributed by atoms with Crippen molar-refractivity contribution in [1.82, 2.24) is 4.98 Å². The van der Waals surface area contributed by atoms with E-state index in [9.17, 15) is 23.5 Å². The molecule has 4 nitrogen and oxygen atoms in total. The predicted octanol–water partition coefficient (Wildman–Crippen LogP) is 3.95. The van der Waals surface area contributed by atoms with Gasteiger partial charge in [0.25, 0.3) is 11.5 Å². The highest BCUT2D eigenvalue weighted by Crippen LogP contribution is 2.36. The van der Waals surface area contributed by atoms with Crippen LogP contribution in [0.4, 0.5) is 8.78 Å². The van der Waals surface area contributed by atoms with E-state index in [1.807, 2.05) is 37.0 Å². The lowest BCUT2D eigenvalue weighted by Gasteiger charge is -2.15. The first kappa shape index (κ1) is 17.2. The topological polar surface area (TPSA) is 70.2 Å². The van der Waals surface area contributed by atoms with Gasteiger partial charge in [-0.25, -0.2) is 13.6 Å². The summed E-state index contributed by atoms with van der Waals surface area (Å²) < 4.78 is 27.0. The lowest BCUT2D eigenvalue weighted by Crippen LogP contribution is -2.24. The summed E-state index contributed by atoms with van der Waals surface area (Å²) >= 11 is 1.01. The molecule has 0 aliphatic heterocycles. The molecule has 1 heterocycles. The average molecular weight is 339 g/mol. The molecule has 0 amide bonds. The maximum atomic E-state index is 13.5. The Hall–Kier alpha value is -2.15. The van der Waals surface area contributed by atoms with Crippen molar-refractivity contribution in [1.29, 1.82) is 0 Å². The number of aromatic amines is 1. The van der Waals surface area contributed by atoms with Crippen LogP contribution in [0.15, 0.2) is 38.9 Å². The van der Waals surface area contributed by atoms with Crippen LogP contribution in [0.5, 0.6) is 0 Å². The standard InChI is InChI=1S/C16H15F2NO3S/c1-8-5-4-6-9(2)13(8)23-10-7-11(16(3,17)18)19-14(20)12(10)15(21)22/h4-7H,1-3H3,(H,19,20)(H,21,22). The molecule has 23 heavy (non-hydrogen) atoms. The van der Waals surface area contributed by atoms with E-state index in [1.54, 1.807) is 0 Å². The maximum Gasteiger partial charge on any atom is 0.342 e. The van der Waals surface area contributed by atoms with Crippen LogP contribution in [-0.4, -0.2) is 16.1 Å². The predicted molar refractivity (Wildman–Crippen MR) is 83.6 cm³/mol. The van der Waals surface area contributed by atoms with E-state index in [4.69, 9.17) is 0 Å². The first-order chi connectivity index (χ1) is 10.6. The zero-order chi connectivity index (χ0) is 17.4. The van der Waals surface area contributed by atoms with Gasteiger partial charge >= 0.3 is 5.97 Å². The molecule has 7 heteroatoms. The van der Waals surface area contributed by atoms with Crippen molar-refractivity contribution in [3.63, 3.8) is 0 Å². The van der Waals surface area contributed by atoms with Crippen molar-refractivity contribution < 1.29 is 18.7 Å². The van der Waals surface area contributed by atoms with Gasteiger partial charge in [-0.05, 0) is 31.0 Å². The van der Waals surface area contributed by atoms with Gasteiger partial charge in [-0.3, -0.25) is 4.79 Å². The number of nitrogens with one attached hydrogen (secondary N) is 1. The van der Waals surface area contributed by atoms with E-state index in [-0.39, 0.29) is 4.90 Å². The second kappa shape index (κ2) is 6.16. The zero-order valence-corrected chi connectivity index (χ0v) is 13.6. The van der Waals surface area contributed by atoms with Crippen LogP contribution in [0.25, 0.3) is 0 Å². The molecule has 122 valence electrons. The Balaban J connectivity index is 2.67. The highest BCUT2D eigenvalue weighted by molar-refractivity contribution is 7.99. The van der Waals surface area contributed by atoms with Crippen molar-refractivity contribution in [3.05, 3.63) is 57.0 Å². The van der Waals surface area contributed by atoms with E-state index in [0.717, 1.165) is 33.9 Å². The molecule has 2 rings (SSSR count). The minimum atomic E-state index is -3.27. The molecule has 0 fully saturated rings. The first-order valence-electron chi connectivity index (χ1n) is 6.74. The fourth-order valence-corrected chi connectivity index (χ4v) is 3.26. The van der Waals surface area contributed by atoms with Gasteiger partial charge in [-0.2, -0.15) is 0 Å². The maximum absolute atomic E-state index is 13.5. The van der Waals surface area contributed by atoms with Crippen LogP contribution >= 0.6 is 11.8 Å². The third-order valence-corrected chi connectivity index (χ3v) is 4.69. The Kier molecular flexibility index (Phi) is 4.61. The number of alkyl halides is 2. The molecule has 0 radical (unpaired) electrons. The Morgan fingerprint density at radius 3 is 2.30 bits per heavy atom. The van der Waals surface area contributed by atoms with E-state index in [2.05, 4.69) is 0 Å². The normalized spacial score (nSPS) is 11.5. The Bertz CT molecular complexity index is 805. The number of carboxylic acid groups (broad SMARTS) is 1. The van der Waals surface area contributed by atoms with Crippen LogP contribution in [0.2, 0.25) is 0 Å². The Morgan fingerprint density at radius 1 is 1.26 bits per heavy atom. The molecule has 0 unspecified atom stereocenters. The monoisotopic (exact) mass is 339 g/mol. The second-order valence-electron chi connectivity index (χ2n) is 5.27. The molecule has 0 aliphatic rings. The molecule has 0 spiro atoms. The second-order valence-corrected chi connectivity index (χ2v) is 6.32. The fourth-order valence-electron chi connectivity index (χ4n) is 2.13. The molecule has 2 aromatic rings. The van der Waals surface area contributed by atoms with Crippen molar-refractivity contribution in [2.45, 2.75) is 36.5 Å². The number of hydrogen-bond donors (Lipinski definition) is 2. The molecule has 0 saturated carbocycles. The number of aryl methyl sites for hydroxylation is 2. The number of hydrogen-bond acceptors (Lipinski definition) is 3. The van der Waals surface area contributed by atoms with Crippen molar-refractivity contribution in [3.8, 4) is 0 Å². The summed E-state index contributed by atoms with van der Waals surface area (Å²) in [6.45, 7) is 4.31. The number of rotatable bonds is 4. The summed E-state index contributed by atoms with van der Waals surface area (Å²) in [7, 11) is 0. The van der Waals surface area contributed by atoms with Crippen molar-refractivity contribution in [2.75, 3.05) is 0 Å². The summed E-state index contributed by atoms with van der Waals surface area (Å²) in [6, 6.07) is 6.54. The summed E-state index contributed by atoms with van der Waals surface area (Å²) in [5, 5.41) is 9.24. The smallest absolute Gasteiger partial charge is 0.342 e. The van der Waals surface area contributed by atoms with Gasteiger partial charge in [-0.1, -0.05) is 30.0 Å². The molecular weight excluding hydrogens is 324 g/mol. The lowest BCUT2D eigenvalue weighted by molar-refractivity contribution is 0.0121. The van der Waals surface area contributed by atoms with E-state index in [0.29, 0.717) is 6.92 Å². The van der Waals surface area contributed by atoms with Gasteiger partial charge < -0.3 is 10.1 Å². The fraction of sp³-hybridized carbons (Fsp3) is 0.250. The number of pyridine rings is 1. The van der Waals surface area contributed by atoms with Crippen LogP contribution in [0.1, 0.15) is 34.1 Å². The molecule has 0 aliphatic carbocycles. The number of carbonyl (C=O) groups is 1. The number of carboxylic acids is 1. The highest BCUT2D eigenvalue weighted by Gasteiger charge is 2.29. The quantitative estimate of drug-likeness (QED) is 0.885. The molecule has 0 saturated heterocycles.